The van der Waals surface area contributed by atoms with Crippen molar-refractivity contribution in [2.45, 2.75) is 39.4 Å². The van der Waals surface area contributed by atoms with Crippen LogP contribution in [0.4, 0.5) is 0 Å². The summed E-state index contributed by atoms with van der Waals surface area (Å²) in [6.07, 6.45) is 3.12. The number of ether oxygens (including phenoxy) is 2. The first-order chi connectivity index (χ1) is 10.2. The SMILES string of the molecule is CCOC(CCN1CCCC(CNCC(=O)O)C1)OCC. The highest BCUT2D eigenvalue weighted by Gasteiger charge is 2.20. The second-order valence-corrected chi connectivity index (χ2v) is 5.46. The molecule has 1 heterocycles. The molecule has 0 radical (unpaired) electrons. The van der Waals surface area contributed by atoms with Crippen LogP contribution in [0.2, 0.25) is 0 Å². The van der Waals surface area contributed by atoms with Crippen molar-refractivity contribution in [3.63, 3.8) is 0 Å². The molecule has 1 aliphatic rings. The average Bonchev–Trinajstić information content (AvgIpc) is 2.45. The number of rotatable bonds is 11. The van der Waals surface area contributed by atoms with Gasteiger partial charge in [0.2, 0.25) is 0 Å². The van der Waals surface area contributed by atoms with E-state index in [9.17, 15) is 4.79 Å². The molecule has 0 aromatic heterocycles. The fourth-order valence-corrected chi connectivity index (χ4v) is 2.78. The summed E-state index contributed by atoms with van der Waals surface area (Å²) >= 11 is 0. The van der Waals surface area contributed by atoms with E-state index in [-0.39, 0.29) is 12.8 Å². The molecular weight excluding hydrogens is 272 g/mol. The second-order valence-electron chi connectivity index (χ2n) is 5.46. The Labute approximate surface area is 127 Å². The zero-order valence-electron chi connectivity index (χ0n) is 13.3. The molecule has 0 bridgehead atoms. The number of likely N-dealkylation sites (tertiary alicyclic amines) is 1. The highest BCUT2D eigenvalue weighted by atomic mass is 16.7. The van der Waals surface area contributed by atoms with E-state index in [1.54, 1.807) is 0 Å². The van der Waals surface area contributed by atoms with Crippen molar-refractivity contribution >= 4 is 5.97 Å². The van der Waals surface area contributed by atoms with E-state index in [1.807, 2.05) is 13.8 Å². The van der Waals surface area contributed by atoms with Crippen LogP contribution in [-0.4, -0.2) is 68.2 Å². The summed E-state index contributed by atoms with van der Waals surface area (Å²) in [5.41, 5.74) is 0. The van der Waals surface area contributed by atoms with Gasteiger partial charge in [0.1, 0.15) is 0 Å². The second kappa shape index (κ2) is 11.0. The molecule has 6 heteroatoms. The van der Waals surface area contributed by atoms with Crippen LogP contribution >= 0.6 is 0 Å². The van der Waals surface area contributed by atoms with Gasteiger partial charge >= 0.3 is 5.97 Å². The Hall–Kier alpha value is -0.690. The van der Waals surface area contributed by atoms with Gasteiger partial charge < -0.3 is 24.8 Å². The third kappa shape index (κ3) is 8.36. The summed E-state index contributed by atoms with van der Waals surface area (Å²) < 4.78 is 11.1. The Morgan fingerprint density at radius 2 is 2.10 bits per heavy atom. The van der Waals surface area contributed by atoms with Gasteiger partial charge in [-0.2, -0.15) is 0 Å². The summed E-state index contributed by atoms with van der Waals surface area (Å²) in [7, 11) is 0. The number of carboxylic acid groups (broad SMARTS) is 1. The van der Waals surface area contributed by atoms with E-state index in [2.05, 4.69) is 10.2 Å². The van der Waals surface area contributed by atoms with Gasteiger partial charge in [0.05, 0.1) is 6.54 Å². The van der Waals surface area contributed by atoms with Crippen LogP contribution in [0, 0.1) is 5.92 Å². The zero-order valence-corrected chi connectivity index (χ0v) is 13.3. The first kappa shape index (κ1) is 18.4. The summed E-state index contributed by atoms with van der Waals surface area (Å²) in [6, 6.07) is 0. The number of carboxylic acids is 1. The van der Waals surface area contributed by atoms with E-state index < -0.39 is 5.97 Å². The molecular formula is C15H30N2O4. The lowest BCUT2D eigenvalue weighted by Crippen LogP contribution is -2.41. The minimum absolute atomic E-state index is 0.0489. The van der Waals surface area contributed by atoms with Crippen molar-refractivity contribution in [2.24, 2.45) is 5.92 Å². The molecule has 0 aromatic rings. The van der Waals surface area contributed by atoms with Crippen molar-refractivity contribution in [3.05, 3.63) is 0 Å². The van der Waals surface area contributed by atoms with Crippen molar-refractivity contribution < 1.29 is 19.4 Å². The maximum absolute atomic E-state index is 10.5. The van der Waals surface area contributed by atoms with Gasteiger partial charge in [0, 0.05) is 32.7 Å². The molecule has 0 spiro atoms. The number of hydrogen-bond acceptors (Lipinski definition) is 5. The molecule has 0 saturated carbocycles. The molecule has 1 unspecified atom stereocenters. The average molecular weight is 302 g/mol. The highest BCUT2D eigenvalue weighted by molar-refractivity contribution is 5.68. The molecule has 124 valence electrons. The summed E-state index contributed by atoms with van der Waals surface area (Å²) in [6.45, 7) is 9.25. The molecule has 1 atom stereocenters. The Morgan fingerprint density at radius 1 is 1.38 bits per heavy atom. The molecule has 6 nitrogen and oxygen atoms in total. The highest BCUT2D eigenvalue weighted by Crippen LogP contribution is 2.16. The van der Waals surface area contributed by atoms with Crippen LogP contribution in [0.25, 0.3) is 0 Å². The third-order valence-corrected chi connectivity index (χ3v) is 3.70. The van der Waals surface area contributed by atoms with E-state index >= 15 is 0 Å². The Bertz CT molecular complexity index is 283. The molecule has 1 fully saturated rings. The standard InChI is InChI=1S/C15H30N2O4/c1-3-20-15(21-4-2)7-9-17-8-5-6-13(12-17)10-16-11-14(18)19/h13,15-16H,3-12H2,1-2H3,(H,18,19). The van der Waals surface area contributed by atoms with Gasteiger partial charge in [-0.3, -0.25) is 4.79 Å². The van der Waals surface area contributed by atoms with E-state index in [4.69, 9.17) is 14.6 Å². The number of carbonyl (C=O) groups is 1. The maximum atomic E-state index is 10.5. The van der Waals surface area contributed by atoms with Crippen LogP contribution in [-0.2, 0) is 14.3 Å². The normalized spacial score (nSPS) is 20.0. The minimum atomic E-state index is -0.793. The van der Waals surface area contributed by atoms with E-state index in [1.165, 1.54) is 12.8 Å². The number of piperidine rings is 1. The predicted molar refractivity (Wildman–Crippen MR) is 81.3 cm³/mol. The summed E-state index contributed by atoms with van der Waals surface area (Å²) in [4.78, 5) is 12.9. The fraction of sp³-hybridized carbons (Fsp3) is 0.933. The lowest BCUT2D eigenvalue weighted by Gasteiger charge is -2.33. The van der Waals surface area contributed by atoms with Crippen molar-refractivity contribution in [2.75, 3.05) is 45.9 Å². The van der Waals surface area contributed by atoms with E-state index in [0.717, 1.165) is 32.6 Å². The summed E-state index contributed by atoms with van der Waals surface area (Å²) in [5.74, 6) is -0.255. The van der Waals surface area contributed by atoms with Crippen molar-refractivity contribution in [1.82, 2.24) is 10.2 Å². The largest absolute Gasteiger partial charge is 0.480 e. The lowest BCUT2D eigenvalue weighted by molar-refractivity contribution is -0.142. The topological polar surface area (TPSA) is 71.0 Å². The Balaban J connectivity index is 2.23. The minimum Gasteiger partial charge on any atom is -0.480 e. The fourth-order valence-electron chi connectivity index (χ4n) is 2.78. The van der Waals surface area contributed by atoms with Crippen LogP contribution < -0.4 is 5.32 Å². The van der Waals surface area contributed by atoms with Gasteiger partial charge in [0.25, 0.3) is 0 Å². The van der Waals surface area contributed by atoms with Crippen LogP contribution in [0.1, 0.15) is 33.1 Å². The number of nitrogens with zero attached hydrogens (tertiary/aromatic N) is 1. The maximum Gasteiger partial charge on any atom is 0.317 e. The molecule has 1 rings (SSSR count). The van der Waals surface area contributed by atoms with E-state index in [0.29, 0.717) is 19.1 Å². The van der Waals surface area contributed by atoms with Gasteiger partial charge in [-0.25, -0.2) is 0 Å². The van der Waals surface area contributed by atoms with Crippen LogP contribution in [0.3, 0.4) is 0 Å². The zero-order chi connectivity index (χ0) is 15.5. The Kier molecular flexibility index (Phi) is 9.58. The van der Waals surface area contributed by atoms with Crippen LogP contribution in [0.5, 0.6) is 0 Å². The van der Waals surface area contributed by atoms with Gasteiger partial charge in [-0.15, -0.1) is 0 Å². The quantitative estimate of drug-likeness (QED) is 0.558. The smallest absolute Gasteiger partial charge is 0.317 e. The molecule has 21 heavy (non-hydrogen) atoms. The molecule has 1 aliphatic heterocycles. The summed E-state index contributed by atoms with van der Waals surface area (Å²) in [5, 5.41) is 11.6. The van der Waals surface area contributed by atoms with Crippen molar-refractivity contribution in [1.29, 1.82) is 0 Å². The molecule has 0 aromatic carbocycles. The number of nitrogens with one attached hydrogen (secondary N) is 1. The predicted octanol–water partition coefficient (Wildman–Crippen LogP) is 1.16. The molecule has 0 amide bonds. The molecule has 2 N–H and O–H groups in total. The first-order valence-corrected chi connectivity index (χ1v) is 8.03. The van der Waals surface area contributed by atoms with Gasteiger partial charge in [-0.05, 0) is 45.7 Å². The van der Waals surface area contributed by atoms with Crippen LogP contribution in [0.15, 0.2) is 0 Å². The third-order valence-electron chi connectivity index (χ3n) is 3.70. The molecule has 1 saturated heterocycles. The van der Waals surface area contributed by atoms with Gasteiger partial charge in [0.15, 0.2) is 6.29 Å². The first-order valence-electron chi connectivity index (χ1n) is 8.03. The Morgan fingerprint density at radius 3 is 2.71 bits per heavy atom. The molecule has 0 aliphatic carbocycles. The number of hydrogen-bond donors (Lipinski definition) is 2. The van der Waals surface area contributed by atoms with Gasteiger partial charge in [-0.1, -0.05) is 0 Å². The number of aliphatic carboxylic acids is 1. The monoisotopic (exact) mass is 302 g/mol. The van der Waals surface area contributed by atoms with Crippen molar-refractivity contribution in [3.8, 4) is 0 Å². The lowest BCUT2D eigenvalue weighted by atomic mass is 9.98.